The van der Waals surface area contributed by atoms with E-state index in [1.807, 2.05) is 27.7 Å². The minimum absolute atomic E-state index is 0.0245. The number of hydrogen-bond donors (Lipinski definition) is 4. The Morgan fingerprint density at radius 1 is 1.26 bits per heavy atom. The summed E-state index contributed by atoms with van der Waals surface area (Å²) >= 11 is 5.59. The van der Waals surface area contributed by atoms with Gasteiger partial charge >= 0.3 is 0 Å². The average molecular weight is 353 g/mol. The van der Waals surface area contributed by atoms with Gasteiger partial charge in [0.15, 0.2) is 0 Å². The molecule has 0 aromatic rings. The Balaban J connectivity index is 2.60. The van der Waals surface area contributed by atoms with Gasteiger partial charge in [-0.2, -0.15) is 5.06 Å². The van der Waals surface area contributed by atoms with Crippen molar-refractivity contribution in [1.82, 2.24) is 10.4 Å². The first-order valence-corrected chi connectivity index (χ1v) is 8.82. The Kier molecular flexibility index (Phi) is 7.29. The van der Waals surface area contributed by atoms with Crippen molar-refractivity contribution in [1.29, 1.82) is 0 Å². The molecule has 1 aliphatic rings. The Bertz CT molecular complexity index is 359. The van der Waals surface area contributed by atoms with Crippen LogP contribution >= 0.6 is 11.6 Å². The first kappa shape index (κ1) is 21.1. The summed E-state index contributed by atoms with van der Waals surface area (Å²) in [5.41, 5.74) is -0.864. The second-order valence-corrected chi connectivity index (χ2v) is 8.22. The summed E-state index contributed by atoms with van der Waals surface area (Å²) in [4.78, 5) is 0. The maximum Gasteiger partial charge on any atom is 0.202 e. The van der Waals surface area contributed by atoms with Gasteiger partial charge in [0.05, 0.1) is 12.6 Å². The number of hydroxylamine groups is 2. The predicted octanol–water partition coefficient (Wildman–Crippen LogP) is 1.70. The van der Waals surface area contributed by atoms with Crippen molar-refractivity contribution in [3.8, 4) is 0 Å². The van der Waals surface area contributed by atoms with E-state index in [9.17, 15) is 15.4 Å². The third-order valence-electron chi connectivity index (χ3n) is 4.52. The van der Waals surface area contributed by atoms with Crippen LogP contribution in [-0.4, -0.2) is 68.5 Å². The molecule has 0 radical (unpaired) electrons. The van der Waals surface area contributed by atoms with Crippen LogP contribution in [0.3, 0.4) is 0 Å². The van der Waals surface area contributed by atoms with Gasteiger partial charge in [0.2, 0.25) is 5.79 Å². The largest absolute Gasteiger partial charge is 0.369 e. The molecule has 0 bridgehead atoms. The van der Waals surface area contributed by atoms with Gasteiger partial charge < -0.3 is 25.5 Å². The monoisotopic (exact) mass is 352 g/mol. The number of aliphatic hydroxyl groups is 2. The van der Waals surface area contributed by atoms with Crippen LogP contribution < -0.4 is 5.32 Å². The molecule has 7 heteroatoms. The van der Waals surface area contributed by atoms with E-state index in [1.54, 1.807) is 6.92 Å². The second kappa shape index (κ2) is 7.95. The van der Waals surface area contributed by atoms with Gasteiger partial charge in [-0.1, -0.05) is 0 Å². The van der Waals surface area contributed by atoms with E-state index < -0.39 is 23.0 Å². The third kappa shape index (κ3) is 5.81. The summed E-state index contributed by atoms with van der Waals surface area (Å²) in [6.07, 6.45) is 1.11. The van der Waals surface area contributed by atoms with Gasteiger partial charge in [0.25, 0.3) is 0 Å². The molecule has 0 spiro atoms. The molecule has 0 aromatic carbocycles. The molecule has 0 amide bonds. The van der Waals surface area contributed by atoms with E-state index >= 15 is 0 Å². The molecule has 6 nitrogen and oxygen atoms in total. The van der Waals surface area contributed by atoms with Crippen LogP contribution in [0.5, 0.6) is 0 Å². The second-order valence-electron chi connectivity index (χ2n) is 7.84. The number of hydrogen-bond acceptors (Lipinski definition) is 6. The Morgan fingerprint density at radius 3 is 2.26 bits per heavy atom. The van der Waals surface area contributed by atoms with E-state index in [4.69, 9.17) is 16.3 Å². The van der Waals surface area contributed by atoms with Crippen molar-refractivity contribution in [2.45, 2.75) is 83.0 Å². The molecule has 1 rings (SSSR count). The lowest BCUT2D eigenvalue weighted by atomic mass is 9.80. The van der Waals surface area contributed by atoms with E-state index in [0.29, 0.717) is 25.3 Å². The van der Waals surface area contributed by atoms with E-state index in [-0.39, 0.29) is 12.6 Å². The lowest BCUT2D eigenvalue weighted by Gasteiger charge is -2.51. The van der Waals surface area contributed by atoms with E-state index in [0.717, 1.165) is 6.42 Å². The molecular formula is C16H33ClN2O4. The summed E-state index contributed by atoms with van der Waals surface area (Å²) in [6.45, 7) is 10.1. The highest BCUT2D eigenvalue weighted by molar-refractivity contribution is 6.17. The molecule has 23 heavy (non-hydrogen) atoms. The molecule has 1 atom stereocenters. The van der Waals surface area contributed by atoms with Crippen LogP contribution in [-0.2, 0) is 4.74 Å². The third-order valence-corrected chi connectivity index (χ3v) is 4.79. The highest BCUT2D eigenvalue weighted by atomic mass is 35.5. The molecular weight excluding hydrogens is 320 g/mol. The summed E-state index contributed by atoms with van der Waals surface area (Å²) in [6, 6.07) is 0. The number of nitrogens with zero attached hydrogens (tertiary/aromatic N) is 1. The van der Waals surface area contributed by atoms with Gasteiger partial charge in [0, 0.05) is 17.0 Å². The summed E-state index contributed by atoms with van der Waals surface area (Å²) in [7, 11) is 0. The zero-order chi connectivity index (χ0) is 17.9. The molecule has 1 saturated heterocycles. The first-order chi connectivity index (χ1) is 10.4. The van der Waals surface area contributed by atoms with Crippen molar-refractivity contribution < 1.29 is 20.2 Å². The smallest absolute Gasteiger partial charge is 0.202 e. The zero-order valence-electron chi connectivity index (χ0n) is 15.0. The van der Waals surface area contributed by atoms with Crippen LogP contribution in [0.25, 0.3) is 0 Å². The van der Waals surface area contributed by atoms with Crippen LogP contribution in [0, 0.1) is 0 Å². The molecule has 4 N–H and O–H groups in total. The molecule has 0 aromatic heterocycles. The highest BCUT2D eigenvalue weighted by Crippen LogP contribution is 2.38. The summed E-state index contributed by atoms with van der Waals surface area (Å²) in [5.74, 6) is -1.41. The minimum atomic E-state index is -1.95. The Labute approximate surface area is 144 Å². The quantitative estimate of drug-likeness (QED) is 0.302. The molecule has 138 valence electrons. The van der Waals surface area contributed by atoms with Gasteiger partial charge in [-0.3, -0.25) is 0 Å². The molecule has 1 aliphatic heterocycles. The van der Waals surface area contributed by atoms with Crippen molar-refractivity contribution in [3.63, 3.8) is 0 Å². The first-order valence-electron chi connectivity index (χ1n) is 8.28. The summed E-state index contributed by atoms with van der Waals surface area (Å²) < 4.78 is 5.93. The maximum absolute atomic E-state index is 10.3. The van der Waals surface area contributed by atoms with E-state index in [2.05, 4.69) is 5.32 Å². The lowest BCUT2D eigenvalue weighted by Crippen LogP contribution is -2.61. The predicted molar refractivity (Wildman–Crippen MR) is 90.7 cm³/mol. The number of nitrogens with one attached hydrogen (secondary N) is 1. The number of alkyl halides is 1. The van der Waals surface area contributed by atoms with E-state index in [1.165, 1.54) is 5.06 Å². The van der Waals surface area contributed by atoms with Gasteiger partial charge in [0.1, 0.15) is 6.10 Å². The van der Waals surface area contributed by atoms with Gasteiger partial charge in [-0.15, -0.1) is 11.6 Å². The van der Waals surface area contributed by atoms with Crippen molar-refractivity contribution in [2.24, 2.45) is 0 Å². The molecule has 0 saturated carbocycles. The molecule has 1 fully saturated rings. The Hall–Kier alpha value is 0.0500. The van der Waals surface area contributed by atoms with Crippen molar-refractivity contribution in [3.05, 3.63) is 0 Å². The van der Waals surface area contributed by atoms with Crippen LogP contribution in [0.1, 0.15) is 53.9 Å². The van der Waals surface area contributed by atoms with Gasteiger partial charge in [-0.05, 0) is 60.4 Å². The lowest BCUT2D eigenvalue weighted by molar-refractivity contribution is -0.285. The fraction of sp³-hybridized carbons (Fsp3) is 1.00. The average Bonchev–Trinajstić information content (AvgIpc) is 2.40. The number of ether oxygens (including phenoxy) is 1. The van der Waals surface area contributed by atoms with Crippen LogP contribution in [0.2, 0.25) is 0 Å². The Morgan fingerprint density at radius 2 is 1.78 bits per heavy atom. The van der Waals surface area contributed by atoms with Crippen molar-refractivity contribution >= 4 is 11.6 Å². The molecule has 1 heterocycles. The fourth-order valence-electron chi connectivity index (χ4n) is 3.28. The standard InChI is InChI=1S/C16H33ClN2O4/c1-12(16(20,21)11-18-8-6-7-17)23-13-9-14(2,3)19(22)15(4,5)10-13/h12-13,18,20-22H,6-11H2,1-5H3. The number of halogens is 1. The van der Waals surface area contributed by atoms with Gasteiger partial charge in [-0.25, -0.2) is 0 Å². The maximum atomic E-state index is 10.3. The number of rotatable bonds is 8. The highest BCUT2D eigenvalue weighted by Gasteiger charge is 2.47. The topological polar surface area (TPSA) is 85.2 Å². The minimum Gasteiger partial charge on any atom is -0.369 e. The SMILES string of the molecule is CC(OC1CC(C)(C)N(O)C(C)(C)C1)C(O)(O)CNCCCCl. The zero-order valence-corrected chi connectivity index (χ0v) is 15.7. The normalized spacial score (nSPS) is 23.9. The van der Waals surface area contributed by atoms with Crippen molar-refractivity contribution in [2.75, 3.05) is 19.0 Å². The summed E-state index contributed by atoms with van der Waals surface area (Å²) in [5, 5.41) is 35.1. The molecule has 1 unspecified atom stereocenters. The number of piperidine rings is 1. The van der Waals surface area contributed by atoms with Crippen LogP contribution in [0.4, 0.5) is 0 Å². The van der Waals surface area contributed by atoms with Crippen LogP contribution in [0.15, 0.2) is 0 Å². The fourth-order valence-corrected chi connectivity index (χ4v) is 3.41. The molecule has 0 aliphatic carbocycles.